The van der Waals surface area contributed by atoms with Crippen molar-refractivity contribution in [1.29, 1.82) is 0 Å². The number of ether oxygens (including phenoxy) is 2. The fraction of sp³-hybridized carbons (Fsp3) is 0.278. The van der Waals surface area contributed by atoms with Crippen molar-refractivity contribution in [1.82, 2.24) is 0 Å². The molecule has 0 fully saturated rings. The van der Waals surface area contributed by atoms with Gasteiger partial charge in [0.25, 0.3) is 6.02 Å². The molecule has 5 heteroatoms. The van der Waals surface area contributed by atoms with Crippen LogP contribution in [0.2, 0.25) is 0 Å². The monoisotopic (exact) mass is 374 g/mol. The fourth-order valence-electron chi connectivity index (χ4n) is 2.72. The molecule has 0 aromatic heterocycles. The van der Waals surface area contributed by atoms with Crippen molar-refractivity contribution >= 4 is 22.0 Å². The molecule has 0 bridgehead atoms. The van der Waals surface area contributed by atoms with Gasteiger partial charge < -0.3 is 15.2 Å². The number of rotatable bonds is 4. The summed E-state index contributed by atoms with van der Waals surface area (Å²) in [5.41, 5.74) is 7.24. The van der Waals surface area contributed by atoms with E-state index in [9.17, 15) is 0 Å². The van der Waals surface area contributed by atoms with Gasteiger partial charge in [-0.1, -0.05) is 40.2 Å². The minimum Gasteiger partial charge on any atom is -0.491 e. The van der Waals surface area contributed by atoms with Crippen LogP contribution in [0.15, 0.2) is 58.0 Å². The smallest absolute Gasteiger partial charge is 0.283 e. The largest absolute Gasteiger partial charge is 0.491 e. The van der Waals surface area contributed by atoms with Crippen LogP contribution in [0, 0.1) is 0 Å². The van der Waals surface area contributed by atoms with Gasteiger partial charge in [-0.3, -0.25) is 0 Å². The molecule has 3 rings (SSSR count). The van der Waals surface area contributed by atoms with Crippen LogP contribution in [0.5, 0.6) is 5.75 Å². The number of benzene rings is 2. The minimum absolute atomic E-state index is 0.142. The molecule has 1 aliphatic heterocycles. The molecular weight excluding hydrogens is 356 g/mol. The van der Waals surface area contributed by atoms with Crippen LogP contribution in [0.25, 0.3) is 0 Å². The summed E-state index contributed by atoms with van der Waals surface area (Å²) in [4.78, 5) is 4.60. The van der Waals surface area contributed by atoms with E-state index in [0.29, 0.717) is 6.61 Å². The standard InChI is InChI=1S/C18H19BrN2O2/c1-12(2)23-16-8-6-13(7-9-16)18(11-22-17(20)21-18)14-4-3-5-15(19)10-14/h3-10,12H,11H2,1-2H3,(H2,20,21)/t18-/m0/s1. The Morgan fingerprint density at radius 3 is 2.48 bits per heavy atom. The Bertz CT molecular complexity index is 728. The van der Waals surface area contributed by atoms with E-state index in [2.05, 4.69) is 20.9 Å². The number of hydrogen-bond acceptors (Lipinski definition) is 4. The van der Waals surface area contributed by atoms with E-state index in [1.54, 1.807) is 0 Å². The summed E-state index contributed by atoms with van der Waals surface area (Å²) in [7, 11) is 0. The molecular formula is C18H19BrN2O2. The quantitative estimate of drug-likeness (QED) is 0.884. The third kappa shape index (κ3) is 3.20. The molecule has 1 aliphatic rings. The molecule has 0 saturated heterocycles. The Morgan fingerprint density at radius 1 is 1.17 bits per heavy atom. The van der Waals surface area contributed by atoms with Gasteiger partial charge >= 0.3 is 0 Å². The zero-order valence-electron chi connectivity index (χ0n) is 13.1. The lowest BCUT2D eigenvalue weighted by Gasteiger charge is -2.25. The van der Waals surface area contributed by atoms with Gasteiger partial charge in [0.05, 0.1) is 6.10 Å². The van der Waals surface area contributed by atoms with Crippen LogP contribution in [-0.4, -0.2) is 18.7 Å². The van der Waals surface area contributed by atoms with E-state index in [0.717, 1.165) is 21.3 Å². The lowest BCUT2D eigenvalue weighted by atomic mass is 9.84. The fourth-order valence-corrected chi connectivity index (χ4v) is 3.12. The van der Waals surface area contributed by atoms with Crippen LogP contribution < -0.4 is 10.5 Å². The molecule has 1 heterocycles. The highest BCUT2D eigenvalue weighted by atomic mass is 79.9. The van der Waals surface area contributed by atoms with Crippen molar-refractivity contribution in [3.63, 3.8) is 0 Å². The van der Waals surface area contributed by atoms with Gasteiger partial charge in [-0.2, -0.15) is 0 Å². The van der Waals surface area contributed by atoms with Gasteiger partial charge in [0.2, 0.25) is 0 Å². The molecule has 2 N–H and O–H groups in total. The lowest BCUT2D eigenvalue weighted by molar-refractivity contribution is 0.242. The normalized spacial score (nSPS) is 20.3. The van der Waals surface area contributed by atoms with Crippen molar-refractivity contribution in [2.24, 2.45) is 10.7 Å². The van der Waals surface area contributed by atoms with Gasteiger partial charge in [-0.15, -0.1) is 0 Å². The second kappa shape index (κ2) is 6.24. The molecule has 4 nitrogen and oxygen atoms in total. The highest BCUT2D eigenvalue weighted by Gasteiger charge is 2.40. The average molecular weight is 375 g/mol. The van der Waals surface area contributed by atoms with E-state index < -0.39 is 5.54 Å². The molecule has 2 aromatic carbocycles. The first-order valence-electron chi connectivity index (χ1n) is 7.51. The van der Waals surface area contributed by atoms with Gasteiger partial charge in [-0.25, -0.2) is 4.99 Å². The molecule has 120 valence electrons. The van der Waals surface area contributed by atoms with E-state index >= 15 is 0 Å². The summed E-state index contributed by atoms with van der Waals surface area (Å²) in [6.45, 7) is 4.40. The van der Waals surface area contributed by atoms with Crippen LogP contribution in [0.3, 0.4) is 0 Å². The van der Waals surface area contributed by atoms with E-state index in [-0.39, 0.29) is 12.1 Å². The van der Waals surface area contributed by atoms with Gasteiger partial charge in [0.1, 0.15) is 12.4 Å². The number of aliphatic imine (C=N–C) groups is 1. The third-order valence-corrected chi connectivity index (χ3v) is 4.23. The van der Waals surface area contributed by atoms with Crippen LogP contribution in [0.4, 0.5) is 0 Å². The first-order chi connectivity index (χ1) is 11.0. The van der Waals surface area contributed by atoms with Crippen LogP contribution in [-0.2, 0) is 10.3 Å². The number of nitrogens with two attached hydrogens (primary N) is 1. The molecule has 2 aromatic rings. The molecule has 0 amide bonds. The van der Waals surface area contributed by atoms with Gasteiger partial charge in [-0.05, 0) is 49.2 Å². The molecule has 23 heavy (non-hydrogen) atoms. The maximum Gasteiger partial charge on any atom is 0.283 e. The molecule has 0 saturated carbocycles. The topological polar surface area (TPSA) is 56.8 Å². The first kappa shape index (κ1) is 15.9. The third-order valence-electron chi connectivity index (χ3n) is 3.74. The van der Waals surface area contributed by atoms with E-state index in [4.69, 9.17) is 15.2 Å². The van der Waals surface area contributed by atoms with Crippen molar-refractivity contribution in [3.05, 3.63) is 64.1 Å². The summed E-state index contributed by atoms with van der Waals surface area (Å²) in [5.74, 6) is 0.837. The van der Waals surface area contributed by atoms with Gasteiger partial charge in [0.15, 0.2) is 5.54 Å². The Labute approximate surface area is 144 Å². The Morgan fingerprint density at radius 2 is 1.91 bits per heavy atom. The maximum absolute atomic E-state index is 5.81. The Kier molecular flexibility index (Phi) is 4.31. The molecule has 1 atom stereocenters. The number of amidine groups is 1. The van der Waals surface area contributed by atoms with Crippen LogP contribution >= 0.6 is 15.9 Å². The number of halogens is 1. The van der Waals surface area contributed by atoms with Gasteiger partial charge in [0, 0.05) is 4.47 Å². The highest BCUT2D eigenvalue weighted by molar-refractivity contribution is 9.10. The summed E-state index contributed by atoms with van der Waals surface area (Å²) in [6.07, 6.45) is 0.142. The molecule has 0 aliphatic carbocycles. The lowest BCUT2D eigenvalue weighted by Crippen LogP contribution is -2.27. The first-order valence-corrected chi connectivity index (χ1v) is 8.30. The molecule has 0 unspecified atom stereocenters. The second-order valence-corrected chi connectivity index (χ2v) is 6.72. The average Bonchev–Trinajstić information content (AvgIpc) is 2.91. The zero-order valence-corrected chi connectivity index (χ0v) is 14.7. The van der Waals surface area contributed by atoms with E-state index in [1.807, 2.05) is 62.4 Å². The van der Waals surface area contributed by atoms with Crippen LogP contribution in [0.1, 0.15) is 25.0 Å². The van der Waals surface area contributed by atoms with Crippen molar-refractivity contribution in [3.8, 4) is 5.75 Å². The number of nitrogens with zero attached hydrogens (tertiary/aromatic N) is 1. The predicted octanol–water partition coefficient (Wildman–Crippen LogP) is 3.82. The van der Waals surface area contributed by atoms with Crippen molar-refractivity contribution < 1.29 is 9.47 Å². The Hall–Kier alpha value is -2.01. The van der Waals surface area contributed by atoms with E-state index in [1.165, 1.54) is 0 Å². The number of hydrogen-bond donors (Lipinski definition) is 1. The minimum atomic E-state index is -0.621. The SMILES string of the molecule is CC(C)Oc1ccc([C@]2(c3cccc(Br)c3)COC(N)=N2)cc1. The Balaban J connectivity index is 2.04. The predicted molar refractivity (Wildman–Crippen MR) is 94.7 cm³/mol. The summed E-state index contributed by atoms with van der Waals surface area (Å²) < 4.78 is 12.2. The second-order valence-electron chi connectivity index (χ2n) is 5.80. The summed E-state index contributed by atoms with van der Waals surface area (Å²) in [5, 5.41) is 0. The summed E-state index contributed by atoms with van der Waals surface area (Å²) >= 11 is 3.52. The molecule has 0 spiro atoms. The van der Waals surface area contributed by atoms with Crippen molar-refractivity contribution in [2.45, 2.75) is 25.5 Å². The molecule has 0 radical (unpaired) electrons. The highest BCUT2D eigenvalue weighted by Crippen LogP contribution is 2.38. The zero-order chi connectivity index (χ0) is 16.4. The van der Waals surface area contributed by atoms with Crippen molar-refractivity contribution in [2.75, 3.05) is 6.61 Å². The summed E-state index contributed by atoms with van der Waals surface area (Å²) in [6, 6.07) is 16.2. The maximum atomic E-state index is 5.81.